The number of benzene rings is 1. The maximum atomic E-state index is 13.4. The molecule has 44 heavy (non-hydrogen) atoms. The van der Waals surface area contributed by atoms with Crippen molar-refractivity contribution in [3.8, 4) is 0 Å². The normalized spacial score (nSPS) is 20.6. The van der Waals surface area contributed by atoms with E-state index in [0.29, 0.717) is 11.1 Å². The minimum absolute atomic E-state index is 0.0294. The Hall–Kier alpha value is -3.80. The quantitative estimate of drug-likeness (QED) is 0.0687. The van der Waals surface area contributed by atoms with Crippen LogP contribution in [0, 0.1) is 0 Å². The van der Waals surface area contributed by atoms with Gasteiger partial charge in [0.15, 0.2) is 6.04 Å². The van der Waals surface area contributed by atoms with Crippen molar-refractivity contribution < 1.29 is 42.6 Å². The number of β-lactam (4-membered cyclic amide) rings is 1. The lowest BCUT2D eigenvalue weighted by molar-refractivity contribution is -0.148. The molecule has 4 atom stereocenters. The molecule has 2 amide bonds. The van der Waals surface area contributed by atoms with Gasteiger partial charge < -0.3 is 28.8 Å². The van der Waals surface area contributed by atoms with Crippen LogP contribution in [0.2, 0.25) is 0 Å². The molecule has 3 heterocycles. The molecule has 1 aromatic carbocycles. The highest BCUT2D eigenvalue weighted by atomic mass is 35.5. The molecule has 0 aliphatic carbocycles. The fourth-order valence-electron chi connectivity index (χ4n) is 4.16. The molecule has 2 aliphatic heterocycles. The Balaban J connectivity index is 1.66. The third-order valence-electron chi connectivity index (χ3n) is 6.05. The smallest absolute Gasteiger partial charge is 0.414 e. The van der Waals surface area contributed by atoms with Crippen LogP contribution >= 0.6 is 23.1 Å². The van der Waals surface area contributed by atoms with Crippen molar-refractivity contribution in [1.82, 2.24) is 19.6 Å². The predicted octanol–water partition coefficient (Wildman–Crippen LogP) is -0.131. The summed E-state index contributed by atoms with van der Waals surface area (Å²) in [7, 11) is 2.34. The zero-order chi connectivity index (χ0) is 32.2. The highest BCUT2D eigenvalue weighted by Crippen LogP contribution is 2.37. The number of amides is 2. The largest absolute Gasteiger partial charge is 0.614 e. The SMILES string of the molecule is BOC(=O)C1=C(CCl)C[S+]([O-])[C@@H]2[C@H](N/C(=N\O[C@H](C(=O)OB)c3ccccc3)c3nsc(NC(=O)OC(C)(C)C)n3)C(=O)N12. The zero-order valence-corrected chi connectivity index (χ0v) is 26.6. The van der Waals surface area contributed by atoms with Gasteiger partial charge in [-0.05, 0) is 31.9 Å². The van der Waals surface area contributed by atoms with Crippen LogP contribution in [-0.4, -0.2) is 93.3 Å². The van der Waals surface area contributed by atoms with Crippen LogP contribution in [0.4, 0.5) is 9.93 Å². The molecule has 1 fully saturated rings. The summed E-state index contributed by atoms with van der Waals surface area (Å²) in [6.07, 6.45) is -2.09. The Kier molecular flexibility index (Phi) is 10.4. The number of aromatic nitrogens is 2. The second-order valence-electron chi connectivity index (χ2n) is 10.2. The number of carbonyl (C=O) groups is 4. The molecule has 4 rings (SSSR count). The highest BCUT2D eigenvalue weighted by molar-refractivity contribution is 7.92. The van der Waals surface area contributed by atoms with E-state index >= 15 is 0 Å². The van der Waals surface area contributed by atoms with Gasteiger partial charge in [-0.2, -0.15) is 9.36 Å². The Bertz CT molecular complexity index is 1490. The monoisotopic (exact) mass is 664 g/mol. The number of rotatable bonds is 9. The molecule has 2 aromatic rings. The van der Waals surface area contributed by atoms with Gasteiger partial charge in [-0.1, -0.05) is 35.5 Å². The molecule has 2 aliphatic rings. The molecule has 1 saturated heterocycles. The molecule has 0 spiro atoms. The molecule has 2 N–H and O–H groups in total. The molecule has 0 radical (unpaired) electrons. The van der Waals surface area contributed by atoms with Gasteiger partial charge in [0.25, 0.3) is 5.91 Å². The summed E-state index contributed by atoms with van der Waals surface area (Å²) >= 11 is 5.09. The second-order valence-corrected chi connectivity index (χ2v) is 12.8. The lowest BCUT2D eigenvalue weighted by Crippen LogP contribution is -2.75. The summed E-state index contributed by atoms with van der Waals surface area (Å²) in [5.74, 6) is -2.75. The van der Waals surface area contributed by atoms with Crippen molar-refractivity contribution >= 4 is 85.3 Å². The summed E-state index contributed by atoms with van der Waals surface area (Å²) in [5.41, 5.74) is -0.121. The first-order valence-corrected chi connectivity index (χ1v) is 15.6. The van der Waals surface area contributed by atoms with Crippen molar-refractivity contribution in [3.05, 3.63) is 53.0 Å². The van der Waals surface area contributed by atoms with Crippen LogP contribution in [0.15, 0.2) is 46.8 Å². The maximum Gasteiger partial charge on any atom is 0.414 e. The number of nitrogens with one attached hydrogen (secondary N) is 2. The van der Waals surface area contributed by atoms with Gasteiger partial charge in [0.1, 0.15) is 17.1 Å². The van der Waals surface area contributed by atoms with Crippen LogP contribution in [0.1, 0.15) is 38.3 Å². The molecule has 232 valence electrons. The van der Waals surface area contributed by atoms with Gasteiger partial charge in [-0.25, -0.2) is 14.4 Å². The third kappa shape index (κ3) is 7.28. The molecule has 0 bridgehead atoms. The predicted molar refractivity (Wildman–Crippen MR) is 164 cm³/mol. The van der Waals surface area contributed by atoms with Gasteiger partial charge in [-0.3, -0.25) is 15.0 Å². The highest BCUT2D eigenvalue weighted by Gasteiger charge is 2.61. The van der Waals surface area contributed by atoms with Crippen LogP contribution in [0.5, 0.6) is 0 Å². The van der Waals surface area contributed by atoms with E-state index in [-0.39, 0.29) is 34.1 Å². The first kappa shape index (κ1) is 33.1. The van der Waals surface area contributed by atoms with Crippen molar-refractivity contribution in [3.63, 3.8) is 0 Å². The van der Waals surface area contributed by atoms with Crippen LogP contribution in [0.25, 0.3) is 0 Å². The number of ether oxygens (including phenoxy) is 1. The fraction of sp³-hybridized carbons (Fsp3) is 0.375. The minimum Gasteiger partial charge on any atom is -0.614 e. The Morgan fingerprint density at radius 2 is 1.95 bits per heavy atom. The first-order valence-electron chi connectivity index (χ1n) is 12.9. The molecule has 1 aromatic heterocycles. The third-order valence-corrected chi connectivity index (χ3v) is 8.66. The van der Waals surface area contributed by atoms with Gasteiger partial charge >= 0.3 is 34.1 Å². The van der Waals surface area contributed by atoms with Crippen molar-refractivity contribution in [1.29, 1.82) is 0 Å². The molecule has 1 unspecified atom stereocenters. The van der Waals surface area contributed by atoms with Crippen molar-refractivity contribution in [2.75, 3.05) is 16.9 Å². The van der Waals surface area contributed by atoms with Crippen LogP contribution in [-0.2, 0) is 44.4 Å². The molecular formula is C24H27B2ClN6O9S2. The molecule has 15 nitrogen and oxygen atoms in total. The number of nitrogens with zero attached hydrogens (tertiary/aromatic N) is 4. The van der Waals surface area contributed by atoms with E-state index in [1.807, 2.05) is 0 Å². The van der Waals surface area contributed by atoms with Crippen molar-refractivity contribution in [2.45, 2.75) is 43.9 Å². The zero-order valence-electron chi connectivity index (χ0n) is 24.2. The number of oxime groups is 1. The van der Waals surface area contributed by atoms with E-state index in [1.54, 1.807) is 51.1 Å². The fourth-order valence-corrected chi connectivity index (χ4v) is 6.74. The number of fused-ring (bicyclic) bond motifs is 1. The summed E-state index contributed by atoms with van der Waals surface area (Å²) in [6, 6.07) is 7.21. The standard InChI is InChI=1S/C24H27B2ClN6O9S2/c1-24(2,3)39-23(37)30-22-29-17(32-43-22)16(31-42-15(21(36)41-26)11-7-5-4-6-8-11)28-13-18(34)33-14(20(35)40-25)12(9-27)10-44(38)19(13)33/h4-8,13,15,19H,9-10,25-26H2,1-3H3,(H,28,31)(H,29,30,32,37)/t13-,15+,19-,44?/m1/s1. The Morgan fingerprint density at radius 1 is 1.25 bits per heavy atom. The number of amidine groups is 1. The molecular weight excluding hydrogens is 638 g/mol. The summed E-state index contributed by atoms with van der Waals surface area (Å²) in [4.78, 5) is 61.6. The topological polar surface area (TPSA) is 194 Å². The van der Waals surface area contributed by atoms with E-state index < -0.39 is 58.2 Å². The van der Waals surface area contributed by atoms with Crippen molar-refractivity contribution in [2.24, 2.45) is 5.16 Å². The lowest BCUT2D eigenvalue weighted by atomic mass is 10.0. The van der Waals surface area contributed by atoms with Crippen LogP contribution in [0.3, 0.4) is 0 Å². The number of hydrogen-bond acceptors (Lipinski definition) is 13. The maximum absolute atomic E-state index is 13.4. The number of carbonyl (C=O) groups excluding carboxylic acids is 4. The second kappa shape index (κ2) is 13.9. The number of hydrogen-bond donors (Lipinski definition) is 2. The summed E-state index contributed by atoms with van der Waals surface area (Å²) in [6.45, 7) is 5.08. The minimum atomic E-state index is -1.67. The number of alkyl halides is 1. The summed E-state index contributed by atoms with van der Waals surface area (Å²) < 4.78 is 32.3. The van der Waals surface area contributed by atoms with Crippen LogP contribution < -0.4 is 10.6 Å². The average molecular weight is 665 g/mol. The van der Waals surface area contributed by atoms with Gasteiger partial charge in [0.2, 0.25) is 28.3 Å². The first-order chi connectivity index (χ1) is 20.9. The van der Waals surface area contributed by atoms with Gasteiger partial charge in [0, 0.05) is 22.7 Å². The van der Waals surface area contributed by atoms with Gasteiger partial charge in [-0.15, -0.1) is 11.6 Å². The number of halogens is 1. The Morgan fingerprint density at radius 3 is 2.57 bits per heavy atom. The Labute approximate surface area is 265 Å². The number of anilines is 1. The summed E-state index contributed by atoms with van der Waals surface area (Å²) in [5, 5.41) is 8.40. The lowest BCUT2D eigenvalue weighted by Gasteiger charge is -2.49. The molecule has 20 heteroatoms. The van der Waals surface area contributed by atoms with E-state index in [4.69, 9.17) is 30.5 Å². The molecule has 0 saturated carbocycles. The van der Waals surface area contributed by atoms with E-state index in [9.17, 15) is 23.7 Å². The van der Waals surface area contributed by atoms with E-state index in [0.717, 1.165) is 24.5 Å². The van der Waals surface area contributed by atoms with E-state index in [2.05, 4.69) is 25.1 Å². The van der Waals surface area contributed by atoms with E-state index in [1.165, 1.54) is 8.05 Å². The van der Waals surface area contributed by atoms with Gasteiger partial charge in [0.05, 0.1) is 5.88 Å². The average Bonchev–Trinajstić information content (AvgIpc) is 3.44.